The molecule has 9 heteroatoms. The molecule has 204 valence electrons. The first kappa shape index (κ1) is 27.8. The molecule has 0 aliphatic heterocycles. The second-order valence-corrected chi connectivity index (χ2v) is 9.30. The van der Waals surface area contributed by atoms with Crippen molar-refractivity contribution in [1.82, 2.24) is 10.6 Å². The minimum atomic E-state index is -1.30. The van der Waals surface area contributed by atoms with E-state index in [9.17, 15) is 19.5 Å². The van der Waals surface area contributed by atoms with Gasteiger partial charge in [0.2, 0.25) is 5.91 Å². The third-order valence-electron chi connectivity index (χ3n) is 6.67. The van der Waals surface area contributed by atoms with Gasteiger partial charge in [0, 0.05) is 13.0 Å². The number of aliphatic carboxylic acids is 1. The summed E-state index contributed by atoms with van der Waals surface area (Å²) in [4.78, 5) is 37.6. The number of nitrogens with one attached hydrogen (secondary N) is 2. The molecule has 1 aliphatic rings. The van der Waals surface area contributed by atoms with E-state index >= 15 is 0 Å². The fraction of sp³-hybridized carbons (Fsp3) is 0.300. The summed E-state index contributed by atoms with van der Waals surface area (Å²) in [6.45, 7) is 1.65. The Hall–Kier alpha value is -4.21. The van der Waals surface area contributed by atoms with Gasteiger partial charge in [0.1, 0.15) is 12.6 Å². The monoisotopic (exact) mass is 532 g/mol. The minimum absolute atomic E-state index is 0.0644. The Bertz CT molecular complexity index is 1250. The van der Waals surface area contributed by atoms with Crippen LogP contribution in [0.25, 0.3) is 11.1 Å². The van der Waals surface area contributed by atoms with Crippen LogP contribution < -0.4 is 10.6 Å². The van der Waals surface area contributed by atoms with E-state index in [-0.39, 0.29) is 25.7 Å². The third-order valence-corrected chi connectivity index (χ3v) is 6.67. The summed E-state index contributed by atoms with van der Waals surface area (Å²) < 4.78 is 16.4. The lowest BCUT2D eigenvalue weighted by Crippen LogP contribution is -2.57. The van der Waals surface area contributed by atoms with Crippen LogP contribution in [0, 0.1) is 0 Å². The molecule has 0 bridgehead atoms. The first-order chi connectivity index (χ1) is 18.9. The van der Waals surface area contributed by atoms with Crippen molar-refractivity contribution in [3.8, 4) is 11.1 Å². The van der Waals surface area contributed by atoms with Gasteiger partial charge in [0.25, 0.3) is 0 Å². The molecule has 0 radical (unpaired) electrons. The highest BCUT2D eigenvalue weighted by Crippen LogP contribution is 2.44. The van der Waals surface area contributed by atoms with Gasteiger partial charge in [-0.15, -0.1) is 0 Å². The van der Waals surface area contributed by atoms with Gasteiger partial charge in [-0.1, -0.05) is 78.9 Å². The number of carboxylic acids is 1. The average molecular weight is 533 g/mol. The standard InChI is InChI=1S/C30H32N2O7/c1-19(38-16-20-10-4-3-5-11-20)27(28(33)31-26(18-37-2)29(34)35)32-30(36)39-17-25-23-14-8-6-12-21(23)22-13-7-9-15-24(22)25/h3-15,19,25-27H,16-18H2,1-2H3,(H,31,33)(H,32,36)(H,34,35). The van der Waals surface area contributed by atoms with Crippen molar-refractivity contribution in [2.75, 3.05) is 20.3 Å². The average Bonchev–Trinajstić information content (AvgIpc) is 3.27. The van der Waals surface area contributed by atoms with E-state index in [0.29, 0.717) is 0 Å². The molecule has 39 heavy (non-hydrogen) atoms. The van der Waals surface area contributed by atoms with E-state index < -0.39 is 36.2 Å². The Morgan fingerprint density at radius 3 is 2.05 bits per heavy atom. The molecular formula is C30H32N2O7. The van der Waals surface area contributed by atoms with E-state index in [0.717, 1.165) is 27.8 Å². The number of carboxylic acid groups (broad SMARTS) is 1. The highest BCUT2D eigenvalue weighted by Gasteiger charge is 2.33. The minimum Gasteiger partial charge on any atom is -0.480 e. The summed E-state index contributed by atoms with van der Waals surface area (Å²) in [5, 5.41) is 14.4. The fourth-order valence-electron chi connectivity index (χ4n) is 4.66. The van der Waals surface area contributed by atoms with Crippen molar-refractivity contribution in [3.05, 3.63) is 95.6 Å². The van der Waals surface area contributed by atoms with Crippen LogP contribution >= 0.6 is 0 Å². The van der Waals surface area contributed by atoms with Crippen LogP contribution in [0.4, 0.5) is 4.79 Å². The third kappa shape index (κ3) is 6.81. The van der Waals surface area contributed by atoms with E-state index in [1.165, 1.54) is 7.11 Å². The summed E-state index contributed by atoms with van der Waals surface area (Å²) in [7, 11) is 1.33. The van der Waals surface area contributed by atoms with E-state index in [4.69, 9.17) is 14.2 Å². The largest absolute Gasteiger partial charge is 0.480 e. The Labute approximate surface area is 227 Å². The summed E-state index contributed by atoms with van der Waals surface area (Å²) in [6, 6.07) is 22.8. The molecule has 0 saturated heterocycles. The van der Waals surface area contributed by atoms with Gasteiger partial charge in [0.05, 0.1) is 19.3 Å². The number of carbonyl (C=O) groups is 3. The van der Waals surface area contributed by atoms with Crippen molar-refractivity contribution in [2.24, 2.45) is 0 Å². The lowest BCUT2D eigenvalue weighted by molar-refractivity contribution is -0.144. The van der Waals surface area contributed by atoms with Gasteiger partial charge in [0.15, 0.2) is 6.04 Å². The number of benzene rings is 3. The van der Waals surface area contributed by atoms with Gasteiger partial charge in [-0.05, 0) is 34.7 Å². The number of amides is 2. The fourth-order valence-corrected chi connectivity index (χ4v) is 4.66. The maximum absolute atomic E-state index is 13.1. The zero-order valence-corrected chi connectivity index (χ0v) is 21.8. The Balaban J connectivity index is 1.45. The normalized spacial score (nSPS) is 14.4. The zero-order chi connectivity index (χ0) is 27.8. The molecule has 3 N–H and O–H groups in total. The summed E-state index contributed by atoms with van der Waals surface area (Å²) >= 11 is 0. The molecule has 3 aromatic rings. The second kappa shape index (κ2) is 13.0. The quantitative estimate of drug-likeness (QED) is 0.325. The molecule has 0 saturated carbocycles. The van der Waals surface area contributed by atoms with Gasteiger partial charge in [-0.2, -0.15) is 0 Å². The predicted octanol–water partition coefficient (Wildman–Crippen LogP) is 3.71. The molecule has 0 aromatic heterocycles. The van der Waals surface area contributed by atoms with Crippen molar-refractivity contribution < 1.29 is 33.7 Å². The van der Waals surface area contributed by atoms with Crippen LogP contribution in [0.3, 0.4) is 0 Å². The molecule has 0 heterocycles. The van der Waals surface area contributed by atoms with Crippen LogP contribution in [-0.4, -0.2) is 61.6 Å². The van der Waals surface area contributed by atoms with Gasteiger partial charge in [-0.3, -0.25) is 4.79 Å². The first-order valence-corrected chi connectivity index (χ1v) is 12.7. The number of fused-ring (bicyclic) bond motifs is 3. The van der Waals surface area contributed by atoms with Gasteiger partial charge >= 0.3 is 12.1 Å². The number of methoxy groups -OCH3 is 1. The topological polar surface area (TPSA) is 123 Å². The molecule has 9 nitrogen and oxygen atoms in total. The predicted molar refractivity (Wildman–Crippen MR) is 144 cm³/mol. The smallest absolute Gasteiger partial charge is 0.407 e. The van der Waals surface area contributed by atoms with E-state index in [1.807, 2.05) is 78.9 Å². The first-order valence-electron chi connectivity index (χ1n) is 12.7. The van der Waals surface area contributed by atoms with Gasteiger partial charge < -0.3 is 30.0 Å². The van der Waals surface area contributed by atoms with E-state index in [2.05, 4.69) is 10.6 Å². The Morgan fingerprint density at radius 1 is 0.872 bits per heavy atom. The van der Waals surface area contributed by atoms with Crippen LogP contribution in [0.15, 0.2) is 78.9 Å². The molecule has 3 aromatic carbocycles. The van der Waals surface area contributed by atoms with Crippen LogP contribution in [0.5, 0.6) is 0 Å². The van der Waals surface area contributed by atoms with Crippen molar-refractivity contribution in [2.45, 2.75) is 37.6 Å². The Morgan fingerprint density at radius 2 is 1.46 bits per heavy atom. The number of alkyl carbamates (subject to hydrolysis) is 1. The maximum atomic E-state index is 13.1. The zero-order valence-electron chi connectivity index (χ0n) is 21.8. The lowest BCUT2D eigenvalue weighted by atomic mass is 9.98. The van der Waals surface area contributed by atoms with Crippen molar-refractivity contribution in [3.63, 3.8) is 0 Å². The molecule has 3 atom stereocenters. The number of hydrogen-bond acceptors (Lipinski definition) is 6. The van der Waals surface area contributed by atoms with Crippen molar-refractivity contribution >= 4 is 18.0 Å². The molecular weight excluding hydrogens is 500 g/mol. The molecule has 3 unspecified atom stereocenters. The van der Waals surface area contributed by atoms with Crippen LogP contribution in [0.1, 0.15) is 29.5 Å². The number of rotatable bonds is 12. The molecule has 0 spiro atoms. The van der Waals surface area contributed by atoms with Crippen LogP contribution in [-0.2, 0) is 30.4 Å². The van der Waals surface area contributed by atoms with Crippen LogP contribution in [0.2, 0.25) is 0 Å². The summed E-state index contributed by atoms with van der Waals surface area (Å²) in [6.07, 6.45) is -1.62. The lowest BCUT2D eigenvalue weighted by Gasteiger charge is -2.26. The molecule has 0 fully saturated rings. The Kier molecular flexibility index (Phi) is 9.30. The molecule has 4 rings (SSSR count). The number of hydrogen-bond donors (Lipinski definition) is 3. The second-order valence-electron chi connectivity index (χ2n) is 9.30. The maximum Gasteiger partial charge on any atom is 0.407 e. The van der Waals surface area contributed by atoms with Gasteiger partial charge in [-0.25, -0.2) is 9.59 Å². The molecule has 1 aliphatic carbocycles. The summed E-state index contributed by atoms with van der Waals surface area (Å²) in [5.74, 6) is -2.14. The highest BCUT2D eigenvalue weighted by atomic mass is 16.5. The summed E-state index contributed by atoms with van der Waals surface area (Å²) in [5.41, 5.74) is 5.20. The number of carbonyl (C=O) groups excluding carboxylic acids is 2. The molecule has 2 amide bonds. The highest BCUT2D eigenvalue weighted by molar-refractivity contribution is 5.89. The van der Waals surface area contributed by atoms with Crippen molar-refractivity contribution in [1.29, 1.82) is 0 Å². The van der Waals surface area contributed by atoms with E-state index in [1.54, 1.807) is 6.92 Å². The number of ether oxygens (including phenoxy) is 3. The SMILES string of the molecule is COCC(NC(=O)C(NC(=O)OCC1c2ccccc2-c2ccccc21)C(C)OCc1ccccc1)C(=O)O.